The van der Waals surface area contributed by atoms with Crippen molar-refractivity contribution in [3.05, 3.63) is 54.1 Å². The first kappa shape index (κ1) is 21.8. The summed E-state index contributed by atoms with van der Waals surface area (Å²) >= 11 is 0. The highest BCUT2D eigenvalue weighted by Gasteiger charge is 2.30. The summed E-state index contributed by atoms with van der Waals surface area (Å²) in [5, 5.41) is 2.25. The smallest absolute Gasteiger partial charge is 0.416 e. The molecule has 0 aliphatic carbocycles. The second-order valence-corrected chi connectivity index (χ2v) is 8.14. The average molecular weight is 417 g/mol. The van der Waals surface area contributed by atoms with Crippen LogP contribution >= 0.6 is 7.52 Å². The molecule has 0 spiro atoms. The number of hydrogen-bond donors (Lipinski definition) is 1. The van der Waals surface area contributed by atoms with Crippen molar-refractivity contribution in [3.8, 4) is 17.2 Å². The molecule has 2 rings (SSSR count). The Balaban J connectivity index is 1.96. The summed E-state index contributed by atoms with van der Waals surface area (Å²) in [6.07, 6.45) is -5.33. The summed E-state index contributed by atoms with van der Waals surface area (Å²) in [5.74, 6) is 0.373. The molecule has 0 saturated heterocycles. The molecule has 1 N–H and O–H groups in total. The van der Waals surface area contributed by atoms with Crippen LogP contribution in [-0.2, 0) is 20.1 Å². The highest BCUT2D eigenvalue weighted by molar-refractivity contribution is 7.56. The van der Waals surface area contributed by atoms with E-state index >= 15 is 0 Å². The van der Waals surface area contributed by atoms with Crippen LogP contribution in [0.2, 0.25) is 0 Å². The number of ether oxygens (including phenoxy) is 2. The number of rotatable bonds is 7. The van der Waals surface area contributed by atoms with Crippen molar-refractivity contribution >= 4 is 13.4 Å². The van der Waals surface area contributed by atoms with Gasteiger partial charge in [-0.1, -0.05) is 0 Å². The van der Waals surface area contributed by atoms with Gasteiger partial charge in [-0.3, -0.25) is 14.4 Å². The first-order valence-corrected chi connectivity index (χ1v) is 10.1. The maximum absolute atomic E-state index is 12.6. The molecule has 2 atom stereocenters. The molecule has 0 saturated carbocycles. The third-order valence-electron chi connectivity index (χ3n) is 3.58. The van der Waals surface area contributed by atoms with E-state index < -0.39 is 31.3 Å². The molecule has 0 bridgehead atoms. The van der Waals surface area contributed by atoms with Crippen LogP contribution in [0.3, 0.4) is 0 Å². The fourth-order valence-electron chi connectivity index (χ4n) is 2.03. The van der Waals surface area contributed by atoms with Gasteiger partial charge in [-0.25, -0.2) is 0 Å². The second kappa shape index (κ2) is 8.67. The van der Waals surface area contributed by atoms with E-state index in [1.165, 1.54) is 57.1 Å². The van der Waals surface area contributed by atoms with E-state index in [1.807, 2.05) is 0 Å². The molecule has 0 aliphatic heterocycles. The summed E-state index contributed by atoms with van der Waals surface area (Å²) < 4.78 is 65.1. The van der Waals surface area contributed by atoms with Gasteiger partial charge in [0.2, 0.25) is 0 Å². The Kier molecular flexibility index (Phi) is 6.74. The number of carbonyl (C=O) groups excluding carboxylic acids is 1. The van der Waals surface area contributed by atoms with Crippen LogP contribution < -0.4 is 14.6 Å². The fraction of sp³-hybridized carbons (Fsp3) is 0.278. The lowest BCUT2D eigenvalue weighted by Gasteiger charge is -2.18. The lowest BCUT2D eigenvalue weighted by Crippen LogP contribution is -2.34. The lowest BCUT2D eigenvalue weighted by molar-refractivity contribution is -0.137. The normalized spacial score (nSPS) is 14.6. The minimum Gasteiger partial charge on any atom is -0.481 e. The molecule has 2 aromatic carbocycles. The van der Waals surface area contributed by atoms with Gasteiger partial charge in [-0.15, -0.1) is 0 Å². The van der Waals surface area contributed by atoms with Crippen LogP contribution in [0.5, 0.6) is 17.2 Å². The van der Waals surface area contributed by atoms with Crippen molar-refractivity contribution in [2.75, 3.05) is 13.8 Å². The van der Waals surface area contributed by atoms with Gasteiger partial charge in [0.05, 0.1) is 5.56 Å². The monoisotopic (exact) mass is 417 g/mol. The molecule has 6 nitrogen and oxygen atoms in total. The molecule has 0 aromatic heterocycles. The maximum atomic E-state index is 12.6. The fourth-order valence-corrected chi connectivity index (χ4v) is 2.70. The first-order chi connectivity index (χ1) is 13.0. The van der Waals surface area contributed by atoms with Gasteiger partial charge in [0, 0.05) is 13.8 Å². The molecule has 28 heavy (non-hydrogen) atoms. The van der Waals surface area contributed by atoms with Crippen LogP contribution in [0, 0.1) is 0 Å². The second-order valence-electron chi connectivity index (χ2n) is 5.86. The summed E-state index contributed by atoms with van der Waals surface area (Å²) in [7, 11) is -1.99. The van der Waals surface area contributed by atoms with Crippen LogP contribution in [0.1, 0.15) is 12.5 Å². The predicted octanol–water partition coefficient (Wildman–Crippen LogP) is 4.85. The van der Waals surface area contributed by atoms with E-state index in [4.69, 9.17) is 14.0 Å². The van der Waals surface area contributed by atoms with E-state index in [2.05, 4.69) is 5.09 Å². The van der Waals surface area contributed by atoms with E-state index in [0.717, 1.165) is 12.1 Å². The molecule has 2 unspecified atom stereocenters. The Hall–Kier alpha value is -2.51. The van der Waals surface area contributed by atoms with Crippen molar-refractivity contribution in [1.29, 1.82) is 0 Å². The highest BCUT2D eigenvalue weighted by atomic mass is 31.2. The number of hydrogen-bond acceptors (Lipinski definition) is 5. The molecule has 1 amide bonds. The van der Waals surface area contributed by atoms with Crippen molar-refractivity contribution in [3.63, 3.8) is 0 Å². The number of amides is 1. The zero-order valence-corrected chi connectivity index (χ0v) is 16.2. The Morgan fingerprint density at radius 1 is 1.00 bits per heavy atom. The summed E-state index contributed by atoms with van der Waals surface area (Å²) in [6, 6.07) is 10.4. The van der Waals surface area contributed by atoms with E-state index in [9.17, 15) is 22.5 Å². The lowest BCUT2D eigenvalue weighted by atomic mass is 10.2. The SMILES string of the molecule is COP(C)(=O)NC(=O)C(C)Oc1ccc(Oc2ccc(C(F)(F)F)cc2)cc1. The van der Waals surface area contributed by atoms with Crippen LogP contribution in [0.15, 0.2) is 48.5 Å². The van der Waals surface area contributed by atoms with Gasteiger partial charge in [0.25, 0.3) is 13.4 Å². The van der Waals surface area contributed by atoms with E-state index in [1.54, 1.807) is 0 Å². The molecule has 0 heterocycles. The Labute approximate surface area is 160 Å². The Bertz CT molecular complexity index is 853. The molecule has 0 fully saturated rings. The molecular formula is C18H19F3NO5P. The minimum atomic E-state index is -4.41. The number of carbonyl (C=O) groups is 1. The molecular weight excluding hydrogens is 398 g/mol. The van der Waals surface area contributed by atoms with E-state index in [-0.39, 0.29) is 5.75 Å². The summed E-state index contributed by atoms with van der Waals surface area (Å²) in [6.45, 7) is 2.75. The molecule has 0 aliphatic rings. The highest BCUT2D eigenvalue weighted by Crippen LogP contribution is 2.36. The third kappa shape index (κ3) is 6.28. The Morgan fingerprint density at radius 3 is 1.93 bits per heavy atom. The topological polar surface area (TPSA) is 73.9 Å². The molecule has 10 heteroatoms. The van der Waals surface area contributed by atoms with Gasteiger partial charge in [0.15, 0.2) is 6.10 Å². The van der Waals surface area contributed by atoms with Crippen molar-refractivity contribution in [1.82, 2.24) is 5.09 Å². The van der Waals surface area contributed by atoms with Gasteiger partial charge < -0.3 is 14.0 Å². The maximum Gasteiger partial charge on any atom is 0.416 e. The number of benzene rings is 2. The first-order valence-electron chi connectivity index (χ1n) is 8.07. The van der Waals surface area contributed by atoms with Gasteiger partial charge in [-0.05, 0) is 55.5 Å². The largest absolute Gasteiger partial charge is 0.481 e. The summed E-state index contributed by atoms with van der Waals surface area (Å²) in [4.78, 5) is 11.9. The predicted molar refractivity (Wildman–Crippen MR) is 96.7 cm³/mol. The number of halogens is 3. The van der Waals surface area contributed by atoms with Gasteiger partial charge in [0.1, 0.15) is 17.2 Å². The minimum absolute atomic E-state index is 0.243. The molecule has 2 aromatic rings. The zero-order valence-electron chi connectivity index (χ0n) is 15.3. The van der Waals surface area contributed by atoms with Gasteiger partial charge >= 0.3 is 6.18 Å². The van der Waals surface area contributed by atoms with Crippen LogP contribution in [-0.4, -0.2) is 25.8 Å². The molecule has 0 radical (unpaired) electrons. The summed E-state index contributed by atoms with van der Waals surface area (Å²) in [5.41, 5.74) is -0.763. The van der Waals surface area contributed by atoms with Crippen LogP contribution in [0.25, 0.3) is 0 Å². The number of nitrogens with one attached hydrogen (secondary N) is 1. The van der Waals surface area contributed by atoms with Crippen LogP contribution in [0.4, 0.5) is 13.2 Å². The van der Waals surface area contributed by atoms with E-state index in [0.29, 0.717) is 11.5 Å². The van der Waals surface area contributed by atoms with Gasteiger partial charge in [-0.2, -0.15) is 13.2 Å². The standard InChI is InChI=1S/C18H19F3NO5P/c1-12(17(23)22-28(3,24)25-2)26-14-8-10-16(11-9-14)27-15-6-4-13(5-7-15)18(19,20)21/h4-12H,1-3H3,(H,22,23,24). The third-order valence-corrected chi connectivity index (χ3v) is 4.91. The number of alkyl halides is 3. The quantitative estimate of drug-likeness (QED) is 0.652. The van der Waals surface area contributed by atoms with Crippen molar-refractivity contribution in [2.45, 2.75) is 19.2 Å². The Morgan fingerprint density at radius 2 is 1.46 bits per heavy atom. The zero-order chi connectivity index (χ0) is 20.9. The van der Waals surface area contributed by atoms with Crippen molar-refractivity contribution < 1.29 is 36.5 Å². The molecule has 152 valence electrons. The van der Waals surface area contributed by atoms with Crippen molar-refractivity contribution in [2.24, 2.45) is 0 Å². The average Bonchev–Trinajstić information content (AvgIpc) is 2.62.